The Hall–Kier alpha value is -2.22. The van der Waals surface area contributed by atoms with Crippen LogP contribution in [0, 0.1) is 6.92 Å². The number of carbonyl (C=O) groups is 2. The summed E-state index contributed by atoms with van der Waals surface area (Å²) in [5.74, 6) is -1.17. The molecule has 0 fully saturated rings. The molecule has 2 rings (SSSR count). The van der Waals surface area contributed by atoms with Crippen molar-refractivity contribution in [3.05, 3.63) is 64.2 Å². The molecule has 1 unspecified atom stereocenters. The van der Waals surface area contributed by atoms with E-state index in [-0.39, 0.29) is 10.5 Å². The van der Waals surface area contributed by atoms with Gasteiger partial charge in [0.25, 0.3) is 0 Å². The zero-order valence-electron chi connectivity index (χ0n) is 15.4. The van der Waals surface area contributed by atoms with Gasteiger partial charge in [-0.3, -0.25) is 4.79 Å². The van der Waals surface area contributed by atoms with Gasteiger partial charge in [0.2, 0.25) is 15.8 Å². The molecular formula is C19H20ClNO5S. The third kappa shape index (κ3) is 4.74. The minimum absolute atomic E-state index is 0.0288. The molecule has 0 N–H and O–H groups in total. The first-order chi connectivity index (χ1) is 12.5. The van der Waals surface area contributed by atoms with Crippen LogP contribution in [0.15, 0.2) is 47.4 Å². The average Bonchev–Trinajstić information content (AvgIpc) is 2.60. The maximum Gasteiger partial charge on any atom is 0.339 e. The summed E-state index contributed by atoms with van der Waals surface area (Å²) in [6, 6.07) is 10.5. The quantitative estimate of drug-likeness (QED) is 0.540. The van der Waals surface area contributed by atoms with Gasteiger partial charge in [0, 0.05) is 24.7 Å². The number of rotatable bonds is 6. The van der Waals surface area contributed by atoms with Crippen LogP contribution in [0.4, 0.5) is 0 Å². The van der Waals surface area contributed by atoms with E-state index in [1.165, 1.54) is 45.3 Å². The van der Waals surface area contributed by atoms with Crippen molar-refractivity contribution < 1.29 is 22.7 Å². The number of hydrogen-bond acceptors (Lipinski definition) is 5. The maximum absolute atomic E-state index is 12.5. The lowest BCUT2D eigenvalue weighted by molar-refractivity contribution is 0.0318. The van der Waals surface area contributed by atoms with E-state index in [0.29, 0.717) is 16.1 Å². The van der Waals surface area contributed by atoms with Crippen molar-refractivity contribution in [2.75, 3.05) is 14.1 Å². The molecule has 2 aromatic carbocycles. The Balaban J connectivity index is 2.26. The first-order valence-corrected chi connectivity index (χ1v) is 9.89. The number of ether oxygens (including phenoxy) is 1. The summed E-state index contributed by atoms with van der Waals surface area (Å²) in [6.07, 6.45) is -1.05. The molecule has 0 aliphatic rings. The minimum Gasteiger partial charge on any atom is -0.451 e. The smallest absolute Gasteiger partial charge is 0.339 e. The monoisotopic (exact) mass is 409 g/mol. The number of halogens is 1. The number of esters is 1. The van der Waals surface area contributed by atoms with Gasteiger partial charge in [0.05, 0.1) is 10.5 Å². The lowest BCUT2D eigenvalue weighted by Gasteiger charge is -2.16. The standard InChI is InChI=1S/C19H20ClNO5S/c1-12-8-9-16(27(24,25)21(3)4)11-17(12)19(23)26-13(2)18(22)14-6-5-7-15(20)10-14/h5-11,13H,1-4H3. The van der Waals surface area contributed by atoms with Crippen LogP contribution in [-0.2, 0) is 14.8 Å². The Kier molecular flexibility index (Phi) is 6.41. The Bertz CT molecular complexity index is 985. The van der Waals surface area contributed by atoms with Crippen LogP contribution in [-0.4, -0.2) is 44.7 Å². The van der Waals surface area contributed by atoms with Crippen LogP contribution in [0.5, 0.6) is 0 Å². The first kappa shape index (κ1) is 21.1. The summed E-state index contributed by atoms with van der Waals surface area (Å²) in [6.45, 7) is 3.11. The number of carbonyl (C=O) groups excluding carboxylic acids is 2. The van der Waals surface area contributed by atoms with E-state index >= 15 is 0 Å². The molecule has 8 heteroatoms. The highest BCUT2D eigenvalue weighted by Gasteiger charge is 2.24. The molecule has 2 aromatic rings. The predicted octanol–water partition coefficient (Wildman–Crippen LogP) is 3.33. The summed E-state index contributed by atoms with van der Waals surface area (Å²) >= 11 is 5.88. The van der Waals surface area contributed by atoms with Gasteiger partial charge >= 0.3 is 5.97 Å². The Morgan fingerprint density at radius 3 is 2.37 bits per heavy atom. The molecule has 0 heterocycles. The molecule has 144 valence electrons. The van der Waals surface area contributed by atoms with Crippen molar-refractivity contribution in [2.24, 2.45) is 0 Å². The Labute approximate surface area is 163 Å². The number of aryl methyl sites for hydroxylation is 1. The molecular weight excluding hydrogens is 390 g/mol. The number of hydrogen-bond donors (Lipinski definition) is 0. The first-order valence-electron chi connectivity index (χ1n) is 8.08. The molecule has 0 amide bonds. The molecule has 0 radical (unpaired) electrons. The van der Waals surface area contributed by atoms with E-state index in [2.05, 4.69) is 0 Å². The molecule has 27 heavy (non-hydrogen) atoms. The maximum atomic E-state index is 12.5. The van der Waals surface area contributed by atoms with Gasteiger partial charge in [-0.05, 0) is 43.7 Å². The molecule has 0 aliphatic carbocycles. The molecule has 0 saturated heterocycles. The fraction of sp³-hybridized carbons (Fsp3) is 0.263. The van der Waals surface area contributed by atoms with Crippen LogP contribution < -0.4 is 0 Å². The van der Waals surface area contributed by atoms with E-state index in [9.17, 15) is 18.0 Å². The van der Waals surface area contributed by atoms with Gasteiger partial charge in [-0.2, -0.15) is 0 Å². The highest BCUT2D eigenvalue weighted by molar-refractivity contribution is 7.89. The van der Waals surface area contributed by atoms with Crippen molar-refractivity contribution in [3.63, 3.8) is 0 Å². The third-order valence-electron chi connectivity index (χ3n) is 3.97. The zero-order valence-corrected chi connectivity index (χ0v) is 17.0. The van der Waals surface area contributed by atoms with Crippen molar-refractivity contribution >= 4 is 33.4 Å². The molecule has 0 spiro atoms. The lowest BCUT2D eigenvalue weighted by atomic mass is 10.1. The Morgan fingerprint density at radius 2 is 1.78 bits per heavy atom. The molecule has 0 bridgehead atoms. The highest BCUT2D eigenvalue weighted by atomic mass is 35.5. The molecule has 6 nitrogen and oxygen atoms in total. The summed E-state index contributed by atoms with van der Waals surface area (Å²) in [4.78, 5) is 24.9. The highest BCUT2D eigenvalue weighted by Crippen LogP contribution is 2.20. The van der Waals surface area contributed by atoms with E-state index in [4.69, 9.17) is 16.3 Å². The van der Waals surface area contributed by atoms with Crippen LogP contribution in [0.25, 0.3) is 0 Å². The van der Waals surface area contributed by atoms with Crippen LogP contribution in [0.1, 0.15) is 33.2 Å². The topological polar surface area (TPSA) is 80.8 Å². The SMILES string of the molecule is Cc1ccc(S(=O)(=O)N(C)C)cc1C(=O)OC(C)C(=O)c1cccc(Cl)c1. The van der Waals surface area contributed by atoms with Gasteiger partial charge in [-0.25, -0.2) is 17.5 Å². The number of Topliss-reactive ketones (excluding diaryl/α,β-unsaturated/α-hetero) is 1. The molecule has 0 aliphatic heterocycles. The summed E-state index contributed by atoms with van der Waals surface area (Å²) in [5.41, 5.74) is 0.951. The van der Waals surface area contributed by atoms with E-state index in [1.54, 1.807) is 25.1 Å². The van der Waals surface area contributed by atoms with Crippen LogP contribution >= 0.6 is 11.6 Å². The van der Waals surface area contributed by atoms with Crippen LogP contribution in [0.3, 0.4) is 0 Å². The van der Waals surface area contributed by atoms with Gasteiger partial charge < -0.3 is 4.74 Å². The second-order valence-electron chi connectivity index (χ2n) is 6.19. The third-order valence-corrected chi connectivity index (χ3v) is 6.02. The van der Waals surface area contributed by atoms with Crippen molar-refractivity contribution in [1.82, 2.24) is 4.31 Å². The number of sulfonamides is 1. The van der Waals surface area contributed by atoms with E-state index in [1.807, 2.05) is 0 Å². The zero-order chi connectivity index (χ0) is 20.4. The fourth-order valence-electron chi connectivity index (χ4n) is 2.35. The Morgan fingerprint density at radius 1 is 1.11 bits per heavy atom. The summed E-state index contributed by atoms with van der Waals surface area (Å²) in [5, 5.41) is 0.400. The van der Waals surface area contributed by atoms with E-state index < -0.39 is 27.9 Å². The lowest BCUT2D eigenvalue weighted by Crippen LogP contribution is -2.25. The van der Waals surface area contributed by atoms with Gasteiger partial charge in [-0.15, -0.1) is 0 Å². The van der Waals surface area contributed by atoms with Gasteiger partial charge in [0.1, 0.15) is 0 Å². The van der Waals surface area contributed by atoms with E-state index in [0.717, 1.165) is 4.31 Å². The summed E-state index contributed by atoms with van der Waals surface area (Å²) in [7, 11) is -0.895. The minimum atomic E-state index is -3.70. The van der Waals surface area contributed by atoms with Crippen molar-refractivity contribution in [3.8, 4) is 0 Å². The van der Waals surface area contributed by atoms with Gasteiger partial charge in [-0.1, -0.05) is 29.8 Å². The largest absolute Gasteiger partial charge is 0.451 e. The number of benzene rings is 2. The average molecular weight is 410 g/mol. The molecule has 1 atom stereocenters. The number of nitrogens with zero attached hydrogens (tertiary/aromatic N) is 1. The normalized spacial score (nSPS) is 12.7. The fourth-order valence-corrected chi connectivity index (χ4v) is 3.47. The van der Waals surface area contributed by atoms with Gasteiger partial charge in [0.15, 0.2) is 6.10 Å². The van der Waals surface area contributed by atoms with Crippen LogP contribution in [0.2, 0.25) is 5.02 Å². The van der Waals surface area contributed by atoms with Crippen molar-refractivity contribution in [2.45, 2.75) is 24.8 Å². The predicted molar refractivity (Wildman–Crippen MR) is 103 cm³/mol. The molecule has 0 aromatic heterocycles. The molecule has 0 saturated carbocycles. The summed E-state index contributed by atoms with van der Waals surface area (Å²) < 4.78 is 30.9. The second-order valence-corrected chi connectivity index (χ2v) is 8.77. The second kappa shape index (κ2) is 8.21. The number of ketones is 1. The van der Waals surface area contributed by atoms with Crippen molar-refractivity contribution in [1.29, 1.82) is 0 Å².